The highest BCUT2D eigenvalue weighted by molar-refractivity contribution is 6.32. The average molecular weight is 313 g/mol. The molecular formula is C14H11Cl2FN2O. The van der Waals surface area contributed by atoms with Gasteiger partial charge in [-0.25, -0.2) is 9.37 Å². The van der Waals surface area contributed by atoms with Crippen molar-refractivity contribution in [2.45, 2.75) is 25.7 Å². The van der Waals surface area contributed by atoms with Crippen molar-refractivity contribution in [1.82, 2.24) is 9.97 Å². The Morgan fingerprint density at radius 3 is 2.65 bits per heavy atom. The van der Waals surface area contributed by atoms with Crippen LogP contribution in [-0.4, -0.2) is 9.97 Å². The zero-order chi connectivity index (χ0) is 14.3. The Bertz CT molecular complexity index is 674. The molecule has 0 unspecified atom stereocenters. The van der Waals surface area contributed by atoms with Crippen molar-refractivity contribution < 1.29 is 9.13 Å². The van der Waals surface area contributed by atoms with Crippen molar-refractivity contribution in [2.24, 2.45) is 0 Å². The van der Waals surface area contributed by atoms with E-state index in [1.807, 2.05) is 0 Å². The van der Waals surface area contributed by atoms with E-state index in [2.05, 4.69) is 9.97 Å². The van der Waals surface area contributed by atoms with Crippen LogP contribution in [0.15, 0.2) is 18.2 Å². The molecule has 1 fully saturated rings. The molecule has 1 aromatic carbocycles. The number of rotatable bonds is 3. The third-order valence-corrected chi connectivity index (χ3v) is 3.77. The van der Waals surface area contributed by atoms with Crippen molar-refractivity contribution in [1.29, 1.82) is 0 Å². The highest BCUT2D eigenvalue weighted by Gasteiger charge is 2.28. The molecular weight excluding hydrogens is 302 g/mol. The van der Waals surface area contributed by atoms with Crippen LogP contribution in [0.3, 0.4) is 0 Å². The molecule has 1 heterocycles. The summed E-state index contributed by atoms with van der Waals surface area (Å²) < 4.78 is 18.7. The molecule has 1 saturated carbocycles. The summed E-state index contributed by atoms with van der Waals surface area (Å²) in [6, 6.07) is 3.93. The molecule has 2 aromatic rings. The molecule has 6 heteroatoms. The van der Waals surface area contributed by atoms with Crippen LogP contribution in [0.5, 0.6) is 11.6 Å². The molecule has 0 bridgehead atoms. The van der Waals surface area contributed by atoms with Gasteiger partial charge in [0.05, 0.1) is 5.02 Å². The summed E-state index contributed by atoms with van der Waals surface area (Å²) >= 11 is 12.0. The molecule has 0 saturated heterocycles. The van der Waals surface area contributed by atoms with Crippen molar-refractivity contribution in [2.75, 3.05) is 0 Å². The second-order valence-corrected chi connectivity index (χ2v) is 5.52. The second kappa shape index (κ2) is 5.19. The van der Waals surface area contributed by atoms with Gasteiger partial charge in [-0.05, 0) is 38.0 Å². The Hall–Kier alpha value is -1.39. The lowest BCUT2D eigenvalue weighted by Gasteiger charge is -2.11. The maximum absolute atomic E-state index is 13.0. The molecule has 0 aliphatic heterocycles. The fraction of sp³-hybridized carbons (Fsp3) is 0.286. The van der Waals surface area contributed by atoms with Gasteiger partial charge in [0.1, 0.15) is 22.5 Å². The largest absolute Gasteiger partial charge is 0.437 e. The first-order valence-electron chi connectivity index (χ1n) is 6.21. The molecule has 0 atom stereocenters. The van der Waals surface area contributed by atoms with Crippen molar-refractivity contribution >= 4 is 23.2 Å². The fourth-order valence-corrected chi connectivity index (χ4v) is 2.14. The quantitative estimate of drug-likeness (QED) is 0.756. The number of halogens is 3. The van der Waals surface area contributed by atoms with Crippen LogP contribution >= 0.6 is 23.2 Å². The van der Waals surface area contributed by atoms with Gasteiger partial charge in [-0.15, -0.1) is 0 Å². The molecule has 1 aliphatic carbocycles. The first-order valence-corrected chi connectivity index (χ1v) is 6.97. The number of benzene rings is 1. The zero-order valence-corrected chi connectivity index (χ0v) is 12.2. The van der Waals surface area contributed by atoms with E-state index in [9.17, 15) is 4.39 Å². The first kappa shape index (κ1) is 13.6. The Labute approximate surface area is 125 Å². The van der Waals surface area contributed by atoms with Gasteiger partial charge in [0.2, 0.25) is 5.88 Å². The molecule has 0 amide bonds. The molecule has 1 aromatic heterocycles. The van der Waals surface area contributed by atoms with Gasteiger partial charge in [-0.1, -0.05) is 23.2 Å². The van der Waals surface area contributed by atoms with E-state index >= 15 is 0 Å². The van der Waals surface area contributed by atoms with E-state index < -0.39 is 5.82 Å². The molecule has 0 radical (unpaired) electrons. The molecule has 20 heavy (non-hydrogen) atoms. The van der Waals surface area contributed by atoms with Crippen LogP contribution in [0.1, 0.15) is 30.1 Å². The molecule has 0 spiro atoms. The molecule has 104 valence electrons. The van der Waals surface area contributed by atoms with Gasteiger partial charge in [0.15, 0.2) is 0 Å². The van der Waals surface area contributed by atoms with Crippen molar-refractivity contribution in [3.05, 3.63) is 45.6 Å². The third kappa shape index (κ3) is 2.72. The second-order valence-electron chi connectivity index (χ2n) is 4.75. The Morgan fingerprint density at radius 1 is 1.25 bits per heavy atom. The van der Waals surface area contributed by atoms with Crippen LogP contribution in [0.25, 0.3) is 0 Å². The van der Waals surface area contributed by atoms with E-state index in [-0.39, 0.29) is 5.02 Å². The van der Waals surface area contributed by atoms with Gasteiger partial charge >= 0.3 is 0 Å². The maximum Gasteiger partial charge on any atom is 0.227 e. The summed E-state index contributed by atoms with van der Waals surface area (Å²) in [5, 5.41) is 0.558. The standard InChI is InChI=1S/C14H11Cl2FN2O/c1-7-12(16)18-13(8-2-3-8)19-14(7)20-11-5-4-9(17)6-10(11)15/h4-6,8H,2-3H2,1H3. The number of ether oxygens (including phenoxy) is 1. The number of nitrogens with zero attached hydrogens (tertiary/aromatic N) is 2. The monoisotopic (exact) mass is 312 g/mol. The molecule has 3 rings (SSSR count). The van der Waals surface area contributed by atoms with E-state index in [1.165, 1.54) is 18.2 Å². The average Bonchev–Trinajstić information content (AvgIpc) is 3.22. The van der Waals surface area contributed by atoms with Crippen LogP contribution < -0.4 is 4.74 Å². The third-order valence-electron chi connectivity index (χ3n) is 3.10. The van der Waals surface area contributed by atoms with E-state index in [1.54, 1.807) is 6.92 Å². The van der Waals surface area contributed by atoms with E-state index in [0.29, 0.717) is 34.1 Å². The van der Waals surface area contributed by atoms with Crippen LogP contribution in [-0.2, 0) is 0 Å². The minimum absolute atomic E-state index is 0.187. The summed E-state index contributed by atoms with van der Waals surface area (Å²) in [4.78, 5) is 8.64. The van der Waals surface area contributed by atoms with Crippen LogP contribution in [0, 0.1) is 12.7 Å². The van der Waals surface area contributed by atoms with Crippen LogP contribution in [0.2, 0.25) is 10.2 Å². The van der Waals surface area contributed by atoms with Crippen molar-refractivity contribution in [3.8, 4) is 11.6 Å². The number of aromatic nitrogens is 2. The van der Waals surface area contributed by atoms with Gasteiger partial charge in [0, 0.05) is 11.5 Å². The minimum atomic E-state index is -0.418. The summed E-state index contributed by atoms with van der Waals surface area (Å²) in [6.07, 6.45) is 2.13. The normalized spacial score (nSPS) is 14.4. The summed E-state index contributed by atoms with van der Waals surface area (Å²) in [6.45, 7) is 1.77. The summed E-state index contributed by atoms with van der Waals surface area (Å²) in [5.74, 6) is 1.33. The highest BCUT2D eigenvalue weighted by Crippen LogP contribution is 2.40. The lowest BCUT2D eigenvalue weighted by atomic mass is 10.3. The predicted molar refractivity (Wildman–Crippen MR) is 75.2 cm³/mol. The minimum Gasteiger partial charge on any atom is -0.437 e. The smallest absolute Gasteiger partial charge is 0.227 e. The summed E-state index contributed by atoms with van der Waals surface area (Å²) in [5.41, 5.74) is 0.636. The fourth-order valence-electron chi connectivity index (χ4n) is 1.77. The lowest BCUT2D eigenvalue weighted by molar-refractivity contribution is 0.453. The topological polar surface area (TPSA) is 35.0 Å². The number of hydrogen-bond acceptors (Lipinski definition) is 3. The van der Waals surface area contributed by atoms with Crippen LogP contribution in [0.4, 0.5) is 4.39 Å². The molecule has 3 nitrogen and oxygen atoms in total. The van der Waals surface area contributed by atoms with E-state index in [0.717, 1.165) is 12.8 Å². The first-order chi connectivity index (χ1) is 9.54. The SMILES string of the molecule is Cc1c(Cl)nc(C2CC2)nc1Oc1ccc(F)cc1Cl. The summed E-state index contributed by atoms with van der Waals surface area (Å²) in [7, 11) is 0. The zero-order valence-electron chi connectivity index (χ0n) is 10.7. The maximum atomic E-state index is 13.0. The van der Waals surface area contributed by atoms with Gasteiger partial charge in [-0.2, -0.15) is 4.98 Å². The Morgan fingerprint density at radius 2 is 2.00 bits per heavy atom. The van der Waals surface area contributed by atoms with E-state index in [4.69, 9.17) is 27.9 Å². The number of hydrogen-bond donors (Lipinski definition) is 0. The van der Waals surface area contributed by atoms with Gasteiger partial charge in [-0.3, -0.25) is 0 Å². The molecule has 0 N–H and O–H groups in total. The van der Waals surface area contributed by atoms with Crippen molar-refractivity contribution in [3.63, 3.8) is 0 Å². The highest BCUT2D eigenvalue weighted by atomic mass is 35.5. The van der Waals surface area contributed by atoms with Gasteiger partial charge < -0.3 is 4.74 Å². The Kier molecular flexibility index (Phi) is 3.52. The predicted octanol–water partition coefficient (Wildman–Crippen LogP) is 4.90. The lowest BCUT2D eigenvalue weighted by Crippen LogP contribution is -2.00. The van der Waals surface area contributed by atoms with Gasteiger partial charge in [0.25, 0.3) is 0 Å². The molecule has 1 aliphatic rings. The Balaban J connectivity index is 1.97.